The third-order valence-electron chi connectivity index (χ3n) is 4.07. The Balaban J connectivity index is 2.33. The fraction of sp³-hybridized carbons (Fsp3) is 0.600. The summed E-state index contributed by atoms with van der Waals surface area (Å²) in [7, 11) is 3.98. The molecule has 0 amide bonds. The van der Waals surface area contributed by atoms with Gasteiger partial charge in [-0.25, -0.2) is 9.78 Å². The molecular weight excluding hydrogens is 300 g/mol. The topological polar surface area (TPSA) is 97.6 Å². The van der Waals surface area contributed by atoms with E-state index in [0.717, 1.165) is 19.3 Å². The highest BCUT2D eigenvalue weighted by Crippen LogP contribution is 2.31. The smallest absolute Gasteiger partial charge is 0.345 e. The average molecular weight is 322 g/mol. The lowest BCUT2D eigenvalue weighted by atomic mass is 10.1. The Kier molecular flexibility index (Phi) is 5.49. The Hall–Kier alpha value is -2.22. The predicted molar refractivity (Wildman–Crippen MR) is 85.6 cm³/mol. The molecule has 8 heteroatoms. The van der Waals surface area contributed by atoms with Gasteiger partial charge in [0.15, 0.2) is 0 Å². The van der Waals surface area contributed by atoms with Crippen molar-refractivity contribution in [3.63, 3.8) is 0 Å². The first-order chi connectivity index (χ1) is 11.0. The third kappa shape index (κ3) is 3.76. The molecule has 0 unspecified atom stereocenters. The van der Waals surface area contributed by atoms with E-state index in [2.05, 4.69) is 15.2 Å². The SMILES string of the molecule is CCOC(=O)c1ccnc(N[C@H]2CCC[C@@H]2N(C)C)c1[N+](=O)[O-]. The van der Waals surface area contributed by atoms with Crippen molar-refractivity contribution in [3.05, 3.63) is 27.9 Å². The van der Waals surface area contributed by atoms with Crippen molar-refractivity contribution in [3.8, 4) is 0 Å². The zero-order chi connectivity index (χ0) is 17.0. The summed E-state index contributed by atoms with van der Waals surface area (Å²) in [5.74, 6) is -0.584. The van der Waals surface area contributed by atoms with Crippen molar-refractivity contribution in [1.29, 1.82) is 0 Å². The lowest BCUT2D eigenvalue weighted by Crippen LogP contribution is -2.39. The fourth-order valence-corrected chi connectivity index (χ4v) is 3.02. The molecule has 2 atom stereocenters. The van der Waals surface area contributed by atoms with E-state index in [0.29, 0.717) is 0 Å². The predicted octanol–water partition coefficient (Wildman–Crippen LogP) is 2.06. The second-order valence-corrected chi connectivity index (χ2v) is 5.75. The Morgan fingerprint density at radius 3 is 2.87 bits per heavy atom. The molecule has 1 heterocycles. The molecule has 0 saturated heterocycles. The number of hydrogen-bond donors (Lipinski definition) is 1. The number of aromatic nitrogens is 1. The summed E-state index contributed by atoms with van der Waals surface area (Å²) in [6, 6.07) is 1.66. The van der Waals surface area contributed by atoms with Crippen LogP contribution in [0.25, 0.3) is 0 Å². The Morgan fingerprint density at radius 1 is 1.52 bits per heavy atom. The molecule has 0 aliphatic heterocycles. The second-order valence-electron chi connectivity index (χ2n) is 5.75. The van der Waals surface area contributed by atoms with Crippen LogP contribution in [-0.4, -0.2) is 53.6 Å². The molecule has 0 radical (unpaired) electrons. The van der Waals surface area contributed by atoms with Crippen molar-refractivity contribution < 1.29 is 14.5 Å². The van der Waals surface area contributed by atoms with Crippen LogP contribution in [0.1, 0.15) is 36.5 Å². The van der Waals surface area contributed by atoms with Crippen molar-refractivity contribution in [2.24, 2.45) is 0 Å². The molecule has 1 aromatic rings. The number of hydrogen-bond acceptors (Lipinski definition) is 7. The quantitative estimate of drug-likeness (QED) is 0.486. The highest BCUT2D eigenvalue weighted by atomic mass is 16.6. The number of carbonyl (C=O) groups excluding carboxylic acids is 1. The summed E-state index contributed by atoms with van der Waals surface area (Å²) in [5, 5.41) is 14.6. The van der Waals surface area contributed by atoms with Crippen LogP contribution in [0.5, 0.6) is 0 Å². The summed E-state index contributed by atoms with van der Waals surface area (Å²) >= 11 is 0. The van der Waals surface area contributed by atoms with E-state index in [9.17, 15) is 14.9 Å². The first-order valence-corrected chi connectivity index (χ1v) is 7.69. The molecule has 1 aliphatic carbocycles. The lowest BCUT2D eigenvalue weighted by Gasteiger charge is -2.27. The number of nitrogens with one attached hydrogen (secondary N) is 1. The van der Waals surface area contributed by atoms with Crippen LogP contribution < -0.4 is 5.32 Å². The summed E-state index contributed by atoms with van der Waals surface area (Å²) < 4.78 is 4.90. The highest BCUT2D eigenvalue weighted by Gasteiger charge is 2.33. The Labute approximate surface area is 135 Å². The molecule has 23 heavy (non-hydrogen) atoms. The number of pyridine rings is 1. The van der Waals surface area contributed by atoms with E-state index in [1.807, 2.05) is 14.1 Å². The van der Waals surface area contributed by atoms with Crippen molar-refractivity contribution in [2.75, 3.05) is 26.0 Å². The van der Waals surface area contributed by atoms with E-state index in [1.54, 1.807) is 6.92 Å². The number of rotatable bonds is 6. The number of nitrogens with zero attached hydrogens (tertiary/aromatic N) is 3. The number of esters is 1. The van der Waals surface area contributed by atoms with Crippen LogP contribution in [0.3, 0.4) is 0 Å². The van der Waals surface area contributed by atoms with Gasteiger partial charge in [-0.2, -0.15) is 0 Å². The number of likely N-dealkylation sites (N-methyl/N-ethyl adjacent to an activating group) is 1. The normalized spacial score (nSPS) is 20.5. The molecule has 1 fully saturated rings. The molecule has 0 aromatic carbocycles. The van der Waals surface area contributed by atoms with Gasteiger partial charge in [-0.3, -0.25) is 10.1 Å². The average Bonchev–Trinajstić information content (AvgIpc) is 2.95. The monoisotopic (exact) mass is 322 g/mol. The minimum Gasteiger partial charge on any atom is -0.462 e. The molecule has 0 bridgehead atoms. The number of anilines is 1. The van der Waals surface area contributed by atoms with Crippen LogP contribution in [0.15, 0.2) is 12.3 Å². The molecule has 2 rings (SSSR count). The number of nitro groups is 1. The van der Waals surface area contributed by atoms with Gasteiger partial charge in [0.1, 0.15) is 5.56 Å². The van der Waals surface area contributed by atoms with Gasteiger partial charge in [0, 0.05) is 18.3 Å². The van der Waals surface area contributed by atoms with Crippen LogP contribution in [-0.2, 0) is 4.74 Å². The van der Waals surface area contributed by atoms with Crippen molar-refractivity contribution in [2.45, 2.75) is 38.3 Å². The molecule has 1 saturated carbocycles. The standard InChI is InChI=1S/C15H22N4O4/c1-4-23-15(20)10-8-9-16-14(13(10)19(21)22)17-11-6-5-7-12(11)18(2)3/h8-9,11-12H,4-7H2,1-3H3,(H,16,17)/t11-,12-/m0/s1. The van der Waals surface area contributed by atoms with Crippen molar-refractivity contribution in [1.82, 2.24) is 9.88 Å². The zero-order valence-electron chi connectivity index (χ0n) is 13.6. The van der Waals surface area contributed by atoms with Gasteiger partial charge in [0.25, 0.3) is 0 Å². The molecule has 8 nitrogen and oxygen atoms in total. The van der Waals surface area contributed by atoms with E-state index in [1.165, 1.54) is 12.3 Å². The maximum atomic E-state index is 11.9. The molecular formula is C15H22N4O4. The van der Waals surface area contributed by atoms with Crippen LogP contribution in [0, 0.1) is 10.1 Å². The van der Waals surface area contributed by atoms with Gasteiger partial charge < -0.3 is 15.0 Å². The van der Waals surface area contributed by atoms with Crippen LogP contribution >= 0.6 is 0 Å². The molecule has 1 aliphatic rings. The summed E-state index contributed by atoms with van der Waals surface area (Å²) in [5.41, 5.74) is -0.399. The maximum absolute atomic E-state index is 11.9. The number of ether oxygens (including phenoxy) is 1. The molecule has 1 N–H and O–H groups in total. The van der Waals surface area contributed by atoms with Gasteiger partial charge in [-0.1, -0.05) is 0 Å². The Morgan fingerprint density at radius 2 is 2.26 bits per heavy atom. The van der Waals surface area contributed by atoms with Gasteiger partial charge in [-0.05, 0) is 46.3 Å². The minimum atomic E-state index is -0.708. The zero-order valence-corrected chi connectivity index (χ0v) is 13.6. The van der Waals surface area contributed by atoms with Gasteiger partial charge >= 0.3 is 11.7 Å². The van der Waals surface area contributed by atoms with E-state index < -0.39 is 10.9 Å². The maximum Gasteiger partial charge on any atom is 0.345 e. The first kappa shape index (κ1) is 17.1. The summed E-state index contributed by atoms with van der Waals surface area (Å²) in [6.45, 7) is 1.82. The second kappa shape index (κ2) is 7.36. The molecule has 0 spiro atoms. The lowest BCUT2D eigenvalue weighted by molar-refractivity contribution is -0.384. The first-order valence-electron chi connectivity index (χ1n) is 7.69. The fourth-order valence-electron chi connectivity index (χ4n) is 3.02. The van der Waals surface area contributed by atoms with E-state index in [-0.39, 0.29) is 35.8 Å². The van der Waals surface area contributed by atoms with Gasteiger partial charge in [0.2, 0.25) is 5.82 Å². The van der Waals surface area contributed by atoms with Crippen LogP contribution in [0.2, 0.25) is 0 Å². The summed E-state index contributed by atoms with van der Waals surface area (Å²) in [6.07, 6.45) is 4.37. The number of carbonyl (C=O) groups is 1. The summed E-state index contributed by atoms with van der Waals surface area (Å²) in [4.78, 5) is 29.0. The third-order valence-corrected chi connectivity index (χ3v) is 4.07. The van der Waals surface area contributed by atoms with Crippen molar-refractivity contribution >= 4 is 17.5 Å². The van der Waals surface area contributed by atoms with Crippen LogP contribution in [0.4, 0.5) is 11.5 Å². The molecule has 1 aromatic heterocycles. The van der Waals surface area contributed by atoms with Gasteiger partial charge in [-0.15, -0.1) is 0 Å². The Bertz CT molecular complexity index is 591. The highest BCUT2D eigenvalue weighted by molar-refractivity contribution is 5.96. The van der Waals surface area contributed by atoms with E-state index >= 15 is 0 Å². The van der Waals surface area contributed by atoms with E-state index in [4.69, 9.17) is 4.74 Å². The minimum absolute atomic E-state index is 0.0636. The van der Waals surface area contributed by atoms with Gasteiger partial charge in [0.05, 0.1) is 11.5 Å². The molecule has 126 valence electrons. The largest absolute Gasteiger partial charge is 0.462 e.